The van der Waals surface area contributed by atoms with E-state index < -0.39 is 0 Å². The SMILES string of the molecule is Cc1nc(-c2ccc(CCNC(=O)C(C)(C)C)cc2)cs1. The molecule has 1 amide bonds. The molecule has 1 N–H and O–H groups in total. The van der Waals surface area contributed by atoms with Crippen molar-refractivity contribution in [1.82, 2.24) is 10.3 Å². The van der Waals surface area contributed by atoms with Crippen LogP contribution in [0.5, 0.6) is 0 Å². The number of nitrogens with zero attached hydrogens (tertiary/aromatic N) is 1. The van der Waals surface area contributed by atoms with Crippen LogP contribution < -0.4 is 5.32 Å². The van der Waals surface area contributed by atoms with Crippen molar-refractivity contribution >= 4 is 17.2 Å². The molecule has 1 heterocycles. The Morgan fingerprint density at radius 3 is 2.43 bits per heavy atom. The summed E-state index contributed by atoms with van der Waals surface area (Å²) >= 11 is 1.66. The molecule has 0 radical (unpaired) electrons. The number of nitrogens with one attached hydrogen (secondary N) is 1. The minimum Gasteiger partial charge on any atom is -0.355 e. The Bertz CT molecular complexity index is 608. The van der Waals surface area contributed by atoms with Gasteiger partial charge in [0, 0.05) is 22.9 Å². The normalized spacial score (nSPS) is 11.4. The van der Waals surface area contributed by atoms with Crippen LogP contribution in [0.15, 0.2) is 29.6 Å². The molecule has 1 aromatic heterocycles. The molecule has 0 spiro atoms. The van der Waals surface area contributed by atoms with Gasteiger partial charge < -0.3 is 5.32 Å². The van der Waals surface area contributed by atoms with Crippen molar-refractivity contribution in [2.24, 2.45) is 5.41 Å². The number of aromatic nitrogens is 1. The first-order valence-corrected chi connectivity index (χ1v) is 8.04. The lowest BCUT2D eigenvalue weighted by atomic mass is 9.95. The highest BCUT2D eigenvalue weighted by Crippen LogP contribution is 2.21. The highest BCUT2D eigenvalue weighted by atomic mass is 32.1. The second-order valence-electron chi connectivity index (χ2n) is 6.20. The lowest BCUT2D eigenvalue weighted by Crippen LogP contribution is -2.35. The molecule has 112 valence electrons. The average molecular weight is 302 g/mol. The number of hydrogen-bond acceptors (Lipinski definition) is 3. The second-order valence-corrected chi connectivity index (χ2v) is 7.27. The zero-order valence-corrected chi connectivity index (χ0v) is 13.9. The van der Waals surface area contributed by atoms with Gasteiger partial charge in [0.1, 0.15) is 0 Å². The van der Waals surface area contributed by atoms with Gasteiger partial charge >= 0.3 is 0 Å². The Hall–Kier alpha value is -1.68. The lowest BCUT2D eigenvalue weighted by Gasteiger charge is -2.17. The number of thiazole rings is 1. The molecule has 3 nitrogen and oxygen atoms in total. The molecule has 0 bridgehead atoms. The van der Waals surface area contributed by atoms with E-state index in [1.807, 2.05) is 27.7 Å². The highest BCUT2D eigenvalue weighted by Gasteiger charge is 2.20. The first-order valence-electron chi connectivity index (χ1n) is 7.16. The summed E-state index contributed by atoms with van der Waals surface area (Å²) in [4.78, 5) is 16.3. The van der Waals surface area contributed by atoms with Crippen LogP contribution in [-0.4, -0.2) is 17.4 Å². The van der Waals surface area contributed by atoms with Gasteiger partial charge in [0.2, 0.25) is 5.91 Å². The fraction of sp³-hybridized carbons (Fsp3) is 0.412. The van der Waals surface area contributed by atoms with Crippen LogP contribution in [0.4, 0.5) is 0 Å². The van der Waals surface area contributed by atoms with Gasteiger partial charge in [0.15, 0.2) is 0 Å². The van der Waals surface area contributed by atoms with Crippen molar-refractivity contribution in [1.29, 1.82) is 0 Å². The zero-order valence-electron chi connectivity index (χ0n) is 13.1. The van der Waals surface area contributed by atoms with Crippen molar-refractivity contribution in [2.45, 2.75) is 34.1 Å². The third-order valence-corrected chi connectivity index (χ3v) is 4.02. The van der Waals surface area contributed by atoms with Gasteiger partial charge in [-0.2, -0.15) is 0 Å². The molecule has 0 aliphatic rings. The number of amides is 1. The highest BCUT2D eigenvalue weighted by molar-refractivity contribution is 7.09. The minimum absolute atomic E-state index is 0.0945. The Morgan fingerprint density at radius 1 is 1.24 bits per heavy atom. The maximum Gasteiger partial charge on any atom is 0.225 e. The van der Waals surface area contributed by atoms with E-state index >= 15 is 0 Å². The molecule has 2 aromatic rings. The number of hydrogen-bond donors (Lipinski definition) is 1. The Morgan fingerprint density at radius 2 is 1.90 bits per heavy atom. The van der Waals surface area contributed by atoms with Crippen LogP contribution in [0.1, 0.15) is 31.3 Å². The first-order chi connectivity index (χ1) is 9.86. The maximum absolute atomic E-state index is 11.8. The standard InChI is InChI=1S/C17H22N2OS/c1-12-19-15(11-21-12)14-7-5-13(6-8-14)9-10-18-16(20)17(2,3)4/h5-8,11H,9-10H2,1-4H3,(H,18,20). The van der Waals surface area contributed by atoms with Crippen LogP contribution in [0.25, 0.3) is 11.3 Å². The number of aryl methyl sites for hydroxylation is 1. The molecule has 0 fully saturated rings. The topological polar surface area (TPSA) is 42.0 Å². The molecule has 0 aliphatic carbocycles. The Balaban J connectivity index is 1.90. The summed E-state index contributed by atoms with van der Waals surface area (Å²) in [6.07, 6.45) is 0.845. The molecule has 0 saturated carbocycles. The van der Waals surface area contributed by atoms with Crippen LogP contribution in [-0.2, 0) is 11.2 Å². The van der Waals surface area contributed by atoms with E-state index in [0.717, 1.165) is 22.7 Å². The summed E-state index contributed by atoms with van der Waals surface area (Å²) in [6, 6.07) is 8.39. The van der Waals surface area contributed by atoms with E-state index in [4.69, 9.17) is 0 Å². The smallest absolute Gasteiger partial charge is 0.225 e. The van der Waals surface area contributed by atoms with Crippen LogP contribution in [0.2, 0.25) is 0 Å². The molecule has 4 heteroatoms. The van der Waals surface area contributed by atoms with Crippen molar-refractivity contribution in [3.63, 3.8) is 0 Å². The Kier molecular flexibility index (Phi) is 4.78. The van der Waals surface area contributed by atoms with Crippen LogP contribution >= 0.6 is 11.3 Å². The number of rotatable bonds is 4. The van der Waals surface area contributed by atoms with E-state index in [1.165, 1.54) is 5.56 Å². The van der Waals surface area contributed by atoms with Gasteiger partial charge in [0.05, 0.1) is 10.7 Å². The van der Waals surface area contributed by atoms with Crippen molar-refractivity contribution in [2.75, 3.05) is 6.54 Å². The third-order valence-electron chi connectivity index (χ3n) is 3.25. The molecule has 0 saturated heterocycles. The molecule has 0 atom stereocenters. The lowest BCUT2D eigenvalue weighted by molar-refractivity contribution is -0.128. The molecule has 1 aromatic carbocycles. The summed E-state index contributed by atoms with van der Waals surface area (Å²) in [5, 5.41) is 6.13. The van der Waals surface area contributed by atoms with E-state index in [9.17, 15) is 4.79 Å². The fourth-order valence-electron chi connectivity index (χ4n) is 1.92. The number of carbonyl (C=O) groups is 1. The van der Waals surface area contributed by atoms with E-state index in [2.05, 4.69) is 39.9 Å². The van der Waals surface area contributed by atoms with Crippen molar-refractivity contribution in [3.8, 4) is 11.3 Å². The monoisotopic (exact) mass is 302 g/mol. The summed E-state index contributed by atoms with van der Waals surface area (Å²) < 4.78 is 0. The van der Waals surface area contributed by atoms with Gasteiger partial charge in [-0.15, -0.1) is 11.3 Å². The Labute approximate surface area is 130 Å². The quantitative estimate of drug-likeness (QED) is 0.933. The molecule has 2 rings (SSSR count). The van der Waals surface area contributed by atoms with Gasteiger partial charge in [0.25, 0.3) is 0 Å². The van der Waals surface area contributed by atoms with E-state index in [0.29, 0.717) is 6.54 Å². The molecular formula is C17H22N2OS. The largest absolute Gasteiger partial charge is 0.355 e. The van der Waals surface area contributed by atoms with Gasteiger partial charge in [-0.1, -0.05) is 45.0 Å². The zero-order chi connectivity index (χ0) is 15.5. The van der Waals surface area contributed by atoms with Gasteiger partial charge in [-0.25, -0.2) is 4.98 Å². The van der Waals surface area contributed by atoms with Gasteiger partial charge in [-0.05, 0) is 18.9 Å². The first kappa shape index (κ1) is 15.7. The summed E-state index contributed by atoms with van der Waals surface area (Å²) in [5.41, 5.74) is 3.07. The minimum atomic E-state index is -0.327. The average Bonchev–Trinajstić information content (AvgIpc) is 2.85. The predicted octanol–water partition coefficient (Wildman–Crippen LogP) is 3.82. The summed E-state index contributed by atoms with van der Waals surface area (Å²) in [7, 11) is 0. The number of carbonyl (C=O) groups excluding carboxylic acids is 1. The maximum atomic E-state index is 11.8. The van der Waals surface area contributed by atoms with E-state index in [1.54, 1.807) is 11.3 Å². The van der Waals surface area contributed by atoms with Crippen LogP contribution in [0.3, 0.4) is 0 Å². The van der Waals surface area contributed by atoms with Crippen molar-refractivity contribution in [3.05, 3.63) is 40.2 Å². The third kappa shape index (κ3) is 4.39. The predicted molar refractivity (Wildman–Crippen MR) is 88.5 cm³/mol. The van der Waals surface area contributed by atoms with Gasteiger partial charge in [-0.3, -0.25) is 4.79 Å². The second kappa shape index (κ2) is 6.39. The van der Waals surface area contributed by atoms with E-state index in [-0.39, 0.29) is 11.3 Å². The molecule has 21 heavy (non-hydrogen) atoms. The fourth-order valence-corrected chi connectivity index (χ4v) is 2.55. The molecule has 0 aliphatic heterocycles. The molecular weight excluding hydrogens is 280 g/mol. The molecule has 0 unspecified atom stereocenters. The number of benzene rings is 1. The summed E-state index contributed by atoms with van der Waals surface area (Å²) in [6.45, 7) is 8.46. The van der Waals surface area contributed by atoms with Crippen LogP contribution in [0, 0.1) is 12.3 Å². The summed E-state index contributed by atoms with van der Waals surface area (Å²) in [5.74, 6) is 0.0945. The van der Waals surface area contributed by atoms with Crippen molar-refractivity contribution < 1.29 is 4.79 Å².